The summed E-state index contributed by atoms with van der Waals surface area (Å²) in [6.07, 6.45) is 5.17. The number of carbonyl (C=O) groups excluding carboxylic acids is 2. The second-order valence-corrected chi connectivity index (χ2v) is 11.5. The summed E-state index contributed by atoms with van der Waals surface area (Å²) in [5, 5.41) is 0. The fourth-order valence-electron chi connectivity index (χ4n) is 5.85. The summed E-state index contributed by atoms with van der Waals surface area (Å²) in [7, 11) is 0. The van der Waals surface area contributed by atoms with E-state index >= 15 is 0 Å². The molecule has 2 N–H and O–H groups in total. The van der Waals surface area contributed by atoms with Gasteiger partial charge in [0.2, 0.25) is 5.91 Å². The SMILES string of the molecule is CC.CCC(C)c1ccc(OC2CCN(C(=O)CN=C3CCC/C3=C(/N)C(=O)N3CC(C)OC(C)C3)CC2)c(C)c1. The van der Waals surface area contributed by atoms with Crippen LogP contribution in [0.25, 0.3) is 0 Å². The molecule has 3 fully saturated rings. The number of piperidine rings is 1. The quantitative estimate of drug-likeness (QED) is 0.446. The predicted octanol–water partition coefficient (Wildman–Crippen LogP) is 5.38. The molecule has 1 aliphatic carbocycles. The van der Waals surface area contributed by atoms with Crippen molar-refractivity contribution in [3.8, 4) is 5.75 Å². The number of hydrogen-bond donors (Lipinski definition) is 1. The van der Waals surface area contributed by atoms with Crippen LogP contribution in [-0.4, -0.2) is 78.4 Å². The fourth-order valence-corrected chi connectivity index (χ4v) is 5.85. The lowest BCUT2D eigenvalue weighted by atomic mass is 9.97. The number of likely N-dealkylation sites (tertiary alicyclic amines) is 1. The van der Waals surface area contributed by atoms with E-state index in [0.29, 0.717) is 32.1 Å². The van der Waals surface area contributed by atoms with Crippen LogP contribution in [0.5, 0.6) is 5.75 Å². The van der Waals surface area contributed by atoms with Crippen LogP contribution in [-0.2, 0) is 14.3 Å². The molecular formula is C33H52N4O4. The van der Waals surface area contributed by atoms with Crippen LogP contribution in [0.15, 0.2) is 34.5 Å². The summed E-state index contributed by atoms with van der Waals surface area (Å²) in [6.45, 7) is 17.0. The molecule has 2 amide bonds. The highest BCUT2D eigenvalue weighted by Crippen LogP contribution is 2.28. The van der Waals surface area contributed by atoms with Gasteiger partial charge in [-0.2, -0.15) is 0 Å². The molecule has 3 unspecified atom stereocenters. The molecule has 228 valence electrons. The van der Waals surface area contributed by atoms with E-state index in [1.807, 2.05) is 32.6 Å². The van der Waals surface area contributed by atoms with E-state index in [-0.39, 0.29) is 42.4 Å². The summed E-state index contributed by atoms with van der Waals surface area (Å²) in [6, 6.07) is 6.49. The average molecular weight is 569 g/mol. The predicted molar refractivity (Wildman–Crippen MR) is 165 cm³/mol. The molecule has 41 heavy (non-hydrogen) atoms. The molecule has 1 aromatic carbocycles. The Morgan fingerprint density at radius 2 is 1.76 bits per heavy atom. The van der Waals surface area contributed by atoms with Gasteiger partial charge in [-0.25, -0.2) is 0 Å². The summed E-state index contributed by atoms with van der Waals surface area (Å²) in [5.74, 6) is 1.34. The summed E-state index contributed by atoms with van der Waals surface area (Å²) in [5.41, 5.74) is 10.8. The number of amides is 2. The molecule has 0 bridgehead atoms. The number of rotatable bonds is 7. The number of aliphatic imine (C=N–C) groups is 1. The number of ether oxygens (including phenoxy) is 2. The average Bonchev–Trinajstić information content (AvgIpc) is 3.45. The van der Waals surface area contributed by atoms with Gasteiger partial charge in [0.1, 0.15) is 24.1 Å². The van der Waals surface area contributed by atoms with Gasteiger partial charge < -0.3 is 25.0 Å². The second kappa shape index (κ2) is 15.4. The third kappa shape index (κ3) is 8.57. The molecule has 0 aromatic heterocycles. The Labute approximate surface area is 247 Å². The Kier molecular flexibility index (Phi) is 12.2. The highest BCUT2D eigenvalue weighted by Gasteiger charge is 2.30. The number of hydrogen-bond acceptors (Lipinski definition) is 6. The van der Waals surface area contributed by atoms with Crippen molar-refractivity contribution in [2.45, 2.75) is 111 Å². The molecule has 2 saturated heterocycles. The van der Waals surface area contributed by atoms with Crippen LogP contribution in [0.4, 0.5) is 0 Å². The molecule has 8 nitrogen and oxygen atoms in total. The maximum Gasteiger partial charge on any atom is 0.270 e. The minimum Gasteiger partial charge on any atom is -0.490 e. The number of allylic oxidation sites excluding steroid dienone is 1. The van der Waals surface area contributed by atoms with Gasteiger partial charge in [0.05, 0.1) is 12.2 Å². The Balaban J connectivity index is 0.00000226. The van der Waals surface area contributed by atoms with Crippen LogP contribution in [0, 0.1) is 6.92 Å². The summed E-state index contributed by atoms with van der Waals surface area (Å²) in [4.78, 5) is 34.4. The Bertz CT molecular complexity index is 1100. The second-order valence-electron chi connectivity index (χ2n) is 11.5. The van der Waals surface area contributed by atoms with Crippen LogP contribution in [0.1, 0.15) is 97.1 Å². The zero-order chi connectivity index (χ0) is 30.1. The monoisotopic (exact) mass is 568 g/mol. The van der Waals surface area contributed by atoms with Crippen molar-refractivity contribution in [3.05, 3.63) is 40.6 Å². The van der Waals surface area contributed by atoms with Crippen LogP contribution in [0.3, 0.4) is 0 Å². The van der Waals surface area contributed by atoms with E-state index in [1.165, 1.54) is 5.56 Å². The van der Waals surface area contributed by atoms with Crippen molar-refractivity contribution >= 4 is 17.5 Å². The van der Waals surface area contributed by atoms with E-state index in [9.17, 15) is 9.59 Å². The lowest BCUT2D eigenvalue weighted by Gasteiger charge is -2.35. The van der Waals surface area contributed by atoms with E-state index in [4.69, 9.17) is 15.2 Å². The Morgan fingerprint density at radius 3 is 2.37 bits per heavy atom. The molecule has 1 saturated carbocycles. The molecule has 3 atom stereocenters. The van der Waals surface area contributed by atoms with E-state index in [2.05, 4.69) is 44.0 Å². The van der Waals surface area contributed by atoms with Crippen LogP contribution in [0.2, 0.25) is 0 Å². The number of morpholine rings is 1. The third-order valence-corrected chi connectivity index (χ3v) is 8.32. The van der Waals surface area contributed by atoms with Crippen molar-refractivity contribution in [1.29, 1.82) is 0 Å². The standard InChI is InChI=1S/C31H46N4O4.C2H6/c1-6-20(2)24-10-11-28(21(3)16-24)39-25-12-14-34(15-13-25)29(36)17-33-27-9-7-8-26(27)30(32)31(37)35-18-22(4)38-23(5)19-35;1-2/h10-11,16,20,22-23,25H,6-9,12-15,17-19,32H2,1-5H3;1-2H3/b30-26-,33-27?;. The zero-order valence-corrected chi connectivity index (χ0v) is 26.4. The van der Waals surface area contributed by atoms with Gasteiger partial charge in [0.15, 0.2) is 0 Å². The molecule has 0 spiro atoms. The van der Waals surface area contributed by atoms with Crippen molar-refractivity contribution in [2.75, 3.05) is 32.7 Å². The first-order valence-corrected chi connectivity index (χ1v) is 15.7. The van der Waals surface area contributed by atoms with Crippen molar-refractivity contribution in [1.82, 2.24) is 9.80 Å². The minimum atomic E-state index is -0.153. The maximum atomic E-state index is 13.1. The number of benzene rings is 1. The summed E-state index contributed by atoms with van der Waals surface area (Å²) < 4.78 is 12.1. The largest absolute Gasteiger partial charge is 0.490 e. The molecule has 4 rings (SSSR count). The van der Waals surface area contributed by atoms with Crippen molar-refractivity contribution in [3.63, 3.8) is 0 Å². The van der Waals surface area contributed by atoms with Gasteiger partial charge in [-0.15, -0.1) is 0 Å². The highest BCUT2D eigenvalue weighted by molar-refractivity contribution is 6.09. The topological polar surface area (TPSA) is 97.5 Å². The number of carbonyl (C=O) groups is 2. The normalized spacial score (nSPS) is 24.5. The zero-order valence-electron chi connectivity index (χ0n) is 26.4. The van der Waals surface area contributed by atoms with Gasteiger partial charge in [-0.05, 0) is 69.6 Å². The molecule has 8 heteroatoms. The molecule has 2 aliphatic heterocycles. The maximum absolute atomic E-state index is 13.1. The Morgan fingerprint density at radius 1 is 1.10 bits per heavy atom. The highest BCUT2D eigenvalue weighted by atomic mass is 16.5. The van der Waals surface area contributed by atoms with E-state index in [1.54, 1.807) is 4.90 Å². The first-order valence-electron chi connectivity index (χ1n) is 15.7. The smallest absolute Gasteiger partial charge is 0.270 e. The van der Waals surface area contributed by atoms with E-state index in [0.717, 1.165) is 61.1 Å². The van der Waals surface area contributed by atoms with Gasteiger partial charge in [-0.3, -0.25) is 14.6 Å². The number of aryl methyl sites for hydroxylation is 1. The molecule has 3 aliphatic rings. The number of nitrogens with two attached hydrogens (primary N) is 1. The molecule has 1 aromatic rings. The molecule has 2 heterocycles. The van der Waals surface area contributed by atoms with Gasteiger partial charge >= 0.3 is 0 Å². The lowest BCUT2D eigenvalue weighted by Crippen LogP contribution is -2.49. The number of nitrogens with zero attached hydrogens (tertiary/aromatic N) is 3. The summed E-state index contributed by atoms with van der Waals surface area (Å²) >= 11 is 0. The van der Waals surface area contributed by atoms with Crippen molar-refractivity contribution in [2.24, 2.45) is 10.7 Å². The lowest BCUT2D eigenvalue weighted by molar-refractivity contribution is -0.139. The minimum absolute atomic E-state index is 0.0152. The van der Waals surface area contributed by atoms with Gasteiger partial charge in [0.25, 0.3) is 5.91 Å². The first kappa shape index (κ1) is 32.6. The van der Waals surface area contributed by atoms with Crippen LogP contribution < -0.4 is 10.5 Å². The Hall–Kier alpha value is -2.87. The van der Waals surface area contributed by atoms with Gasteiger partial charge in [-0.1, -0.05) is 39.8 Å². The van der Waals surface area contributed by atoms with E-state index < -0.39 is 0 Å². The van der Waals surface area contributed by atoms with Crippen molar-refractivity contribution < 1.29 is 19.1 Å². The van der Waals surface area contributed by atoms with Gasteiger partial charge in [0, 0.05) is 50.3 Å². The molecule has 0 radical (unpaired) electrons. The van der Waals surface area contributed by atoms with Crippen LogP contribution >= 0.6 is 0 Å². The third-order valence-electron chi connectivity index (χ3n) is 8.32. The first-order chi connectivity index (χ1) is 19.7. The fraction of sp³-hybridized carbons (Fsp3) is 0.667. The molecular weight excluding hydrogens is 516 g/mol.